The first-order chi connectivity index (χ1) is 17.9. The molecule has 202 valence electrons. The molecule has 2 fully saturated rings. The number of nitrogens with one attached hydrogen (secondary N) is 1. The number of benzene rings is 1. The zero-order valence-corrected chi connectivity index (χ0v) is 20.5. The van der Waals surface area contributed by atoms with Crippen molar-refractivity contribution in [2.45, 2.75) is 36.5 Å². The molecule has 3 amide bonds. The second-order valence-electron chi connectivity index (χ2n) is 9.12. The van der Waals surface area contributed by atoms with Gasteiger partial charge in [0.2, 0.25) is 21.8 Å². The Morgan fingerprint density at radius 2 is 1.74 bits per heavy atom. The van der Waals surface area contributed by atoms with Crippen LogP contribution in [-0.2, 0) is 32.3 Å². The number of piperidine rings is 1. The zero-order valence-electron chi connectivity index (χ0n) is 19.7. The minimum Gasteiger partial charge on any atom is -0.369 e. The number of piperazine rings is 1. The second-order valence-corrected chi connectivity index (χ2v) is 11.1. The van der Waals surface area contributed by atoms with Crippen molar-refractivity contribution in [3.8, 4) is 0 Å². The van der Waals surface area contributed by atoms with Crippen LogP contribution >= 0.6 is 0 Å². The predicted octanol–water partition coefficient (Wildman–Crippen LogP) is 1.51. The molecule has 2 saturated heterocycles. The molecule has 3 aliphatic rings. The van der Waals surface area contributed by atoms with Crippen molar-refractivity contribution in [2.24, 2.45) is 0 Å². The molecule has 0 aliphatic carbocycles. The maximum absolute atomic E-state index is 14.5. The van der Waals surface area contributed by atoms with Gasteiger partial charge in [0.1, 0.15) is 22.4 Å². The van der Waals surface area contributed by atoms with Crippen LogP contribution in [0.3, 0.4) is 0 Å². The van der Waals surface area contributed by atoms with Gasteiger partial charge in [0.15, 0.2) is 0 Å². The maximum atomic E-state index is 14.5. The van der Waals surface area contributed by atoms with E-state index in [1.165, 1.54) is 11.0 Å². The van der Waals surface area contributed by atoms with E-state index in [0.29, 0.717) is 23.5 Å². The lowest BCUT2D eigenvalue weighted by Crippen LogP contribution is -2.52. The lowest BCUT2D eigenvalue weighted by molar-refractivity contribution is -0.141. The van der Waals surface area contributed by atoms with Crippen molar-refractivity contribution in [3.05, 3.63) is 53.1 Å². The van der Waals surface area contributed by atoms with Crippen LogP contribution in [0.2, 0.25) is 0 Å². The summed E-state index contributed by atoms with van der Waals surface area (Å²) in [5.74, 6) is -2.24. The molecule has 38 heavy (non-hydrogen) atoms. The fourth-order valence-electron chi connectivity index (χ4n) is 4.91. The Labute approximate surface area is 214 Å². The fourth-order valence-corrected chi connectivity index (χ4v) is 6.28. The average Bonchev–Trinajstić information content (AvgIpc) is 3.19. The summed E-state index contributed by atoms with van der Waals surface area (Å²) in [7, 11) is -4.12. The predicted molar refractivity (Wildman–Crippen MR) is 123 cm³/mol. The molecule has 15 heteroatoms. The van der Waals surface area contributed by atoms with E-state index in [4.69, 9.17) is 0 Å². The number of hydrogen-bond acceptors (Lipinski definition) is 7. The first-order valence-corrected chi connectivity index (χ1v) is 13.1. The van der Waals surface area contributed by atoms with Crippen LogP contribution in [0.4, 0.5) is 23.2 Å². The van der Waals surface area contributed by atoms with Crippen molar-refractivity contribution < 1.29 is 40.4 Å². The molecule has 1 N–H and O–H groups in total. The van der Waals surface area contributed by atoms with Crippen LogP contribution < -0.4 is 10.2 Å². The van der Waals surface area contributed by atoms with Crippen LogP contribution in [0.5, 0.6) is 0 Å². The number of carbonyl (C=O) groups excluding carboxylic acids is 3. The summed E-state index contributed by atoms with van der Waals surface area (Å²) in [4.78, 5) is 42.7. The van der Waals surface area contributed by atoms with Crippen molar-refractivity contribution >= 4 is 33.4 Å². The third-order valence-corrected chi connectivity index (χ3v) is 8.72. The molecule has 1 unspecified atom stereocenters. The van der Waals surface area contributed by atoms with Gasteiger partial charge < -0.3 is 9.80 Å². The molecule has 3 aliphatic heterocycles. The molecular formula is C23H21F4N5O5S. The molecular weight excluding hydrogens is 534 g/mol. The number of anilines is 1. The number of halogens is 4. The Balaban J connectivity index is 1.33. The monoisotopic (exact) mass is 555 g/mol. The summed E-state index contributed by atoms with van der Waals surface area (Å²) in [5, 5.41) is 2.21. The Kier molecular flexibility index (Phi) is 6.38. The van der Waals surface area contributed by atoms with E-state index in [9.17, 15) is 40.4 Å². The molecule has 2 aromatic rings. The summed E-state index contributed by atoms with van der Waals surface area (Å²) in [5.41, 5.74) is -0.238. The summed E-state index contributed by atoms with van der Waals surface area (Å²) in [6, 6.07) is 2.91. The van der Waals surface area contributed by atoms with E-state index >= 15 is 0 Å². The summed E-state index contributed by atoms with van der Waals surface area (Å²) < 4.78 is 79.9. The molecule has 1 aromatic heterocycles. The number of fused-ring (bicyclic) bond motifs is 1. The van der Waals surface area contributed by atoms with E-state index in [2.05, 4.69) is 10.3 Å². The number of sulfonamides is 1. The van der Waals surface area contributed by atoms with Crippen LogP contribution in [-0.4, -0.2) is 72.5 Å². The largest absolute Gasteiger partial charge is 0.433 e. The second kappa shape index (κ2) is 9.31. The first-order valence-electron chi connectivity index (χ1n) is 11.6. The van der Waals surface area contributed by atoms with Gasteiger partial charge in [0.25, 0.3) is 5.91 Å². The molecule has 0 bridgehead atoms. The number of rotatable bonds is 4. The Morgan fingerprint density at radius 1 is 1.03 bits per heavy atom. The summed E-state index contributed by atoms with van der Waals surface area (Å²) >= 11 is 0. The SMILES string of the molecule is O=C1CCC(N2Cc3c(cc(F)cc3N3CCN(S(=O)(=O)c4ccc(C(F)(F)F)nc4)CC3)C2=O)C(=O)N1. The van der Waals surface area contributed by atoms with E-state index in [-0.39, 0.29) is 56.0 Å². The number of aromatic nitrogens is 1. The Hall–Kier alpha value is -3.59. The third kappa shape index (κ3) is 4.60. The van der Waals surface area contributed by atoms with Crippen LogP contribution in [0.15, 0.2) is 35.4 Å². The van der Waals surface area contributed by atoms with Crippen molar-refractivity contribution in [3.63, 3.8) is 0 Å². The molecule has 5 rings (SSSR count). The Bertz CT molecular complexity index is 1420. The number of hydrogen-bond donors (Lipinski definition) is 1. The lowest BCUT2D eigenvalue weighted by atomic mass is 10.0. The topological polar surface area (TPSA) is 120 Å². The number of carbonyl (C=O) groups is 3. The minimum absolute atomic E-state index is 0.0196. The number of imide groups is 1. The third-order valence-electron chi connectivity index (χ3n) is 6.84. The quantitative estimate of drug-likeness (QED) is 0.449. The van der Waals surface area contributed by atoms with Gasteiger partial charge >= 0.3 is 6.18 Å². The first kappa shape index (κ1) is 26.0. The van der Waals surface area contributed by atoms with Gasteiger partial charge in [-0.15, -0.1) is 0 Å². The Morgan fingerprint density at radius 3 is 2.34 bits per heavy atom. The normalized spacial score (nSPS) is 21.1. The number of pyridine rings is 1. The van der Waals surface area contributed by atoms with Crippen LogP contribution in [0.1, 0.15) is 34.5 Å². The molecule has 4 heterocycles. The minimum atomic E-state index is -4.70. The highest BCUT2D eigenvalue weighted by atomic mass is 32.2. The average molecular weight is 556 g/mol. The molecule has 10 nitrogen and oxygen atoms in total. The van der Waals surface area contributed by atoms with Gasteiger partial charge in [0, 0.05) is 62.2 Å². The van der Waals surface area contributed by atoms with E-state index in [0.717, 1.165) is 16.4 Å². The number of amides is 3. The number of alkyl halides is 3. The van der Waals surface area contributed by atoms with E-state index in [1.807, 2.05) is 0 Å². The van der Waals surface area contributed by atoms with Crippen LogP contribution in [0, 0.1) is 5.82 Å². The molecule has 0 spiro atoms. The van der Waals surface area contributed by atoms with Gasteiger partial charge in [-0.25, -0.2) is 12.8 Å². The lowest BCUT2D eigenvalue weighted by Gasteiger charge is -2.36. The smallest absolute Gasteiger partial charge is 0.369 e. The highest BCUT2D eigenvalue weighted by molar-refractivity contribution is 7.89. The standard InChI is InChI=1S/C23H21F4N5O5S/c24-13-9-15-16(12-32(22(15)35)17-2-4-20(33)29-21(17)34)18(10-13)30-5-7-31(8-6-30)38(36,37)14-1-3-19(28-11-14)23(25,26)27/h1,3,9-11,17H,2,4-8,12H2,(H,29,33,34). The fraction of sp³-hybridized carbons (Fsp3) is 0.391. The molecule has 1 aromatic carbocycles. The highest BCUT2D eigenvalue weighted by Gasteiger charge is 2.41. The van der Waals surface area contributed by atoms with Gasteiger partial charge in [-0.05, 0) is 30.7 Å². The molecule has 0 saturated carbocycles. The van der Waals surface area contributed by atoms with E-state index < -0.39 is 51.5 Å². The van der Waals surface area contributed by atoms with Crippen molar-refractivity contribution in [2.75, 3.05) is 31.1 Å². The maximum Gasteiger partial charge on any atom is 0.433 e. The zero-order chi connectivity index (χ0) is 27.4. The summed E-state index contributed by atoms with van der Waals surface area (Å²) in [6.07, 6.45) is -3.81. The number of nitrogens with zero attached hydrogens (tertiary/aromatic N) is 4. The van der Waals surface area contributed by atoms with Gasteiger partial charge in [-0.2, -0.15) is 17.5 Å². The van der Waals surface area contributed by atoms with E-state index in [1.54, 1.807) is 4.90 Å². The summed E-state index contributed by atoms with van der Waals surface area (Å²) in [6.45, 7) is 0.177. The van der Waals surface area contributed by atoms with Gasteiger partial charge in [-0.1, -0.05) is 0 Å². The highest BCUT2D eigenvalue weighted by Crippen LogP contribution is 2.36. The molecule has 0 radical (unpaired) electrons. The van der Waals surface area contributed by atoms with Gasteiger partial charge in [-0.3, -0.25) is 24.7 Å². The molecule has 1 atom stereocenters. The van der Waals surface area contributed by atoms with Crippen LogP contribution in [0.25, 0.3) is 0 Å². The van der Waals surface area contributed by atoms with Crippen molar-refractivity contribution in [1.29, 1.82) is 0 Å². The van der Waals surface area contributed by atoms with Gasteiger partial charge in [0.05, 0.1) is 0 Å². The van der Waals surface area contributed by atoms with Crippen molar-refractivity contribution in [1.82, 2.24) is 19.5 Å².